The highest BCUT2D eigenvalue weighted by atomic mass is 32.1. The molecule has 5 aromatic rings. The molecule has 0 atom stereocenters. The van der Waals surface area contributed by atoms with Crippen molar-refractivity contribution in [1.29, 1.82) is 0 Å². The molecule has 0 bridgehead atoms. The van der Waals surface area contributed by atoms with E-state index in [1.165, 1.54) is 5.56 Å². The van der Waals surface area contributed by atoms with Gasteiger partial charge in [-0.3, -0.25) is 5.01 Å². The van der Waals surface area contributed by atoms with Crippen LogP contribution in [0.3, 0.4) is 0 Å². The van der Waals surface area contributed by atoms with Gasteiger partial charge < -0.3 is 10.1 Å². The Labute approximate surface area is 212 Å². The fourth-order valence-electron chi connectivity index (χ4n) is 4.00. The second-order valence-electron chi connectivity index (χ2n) is 7.97. The van der Waals surface area contributed by atoms with Gasteiger partial charge in [-0.2, -0.15) is 5.10 Å². The summed E-state index contributed by atoms with van der Waals surface area (Å²) in [6, 6.07) is 21.8. The lowest BCUT2D eigenvalue weighted by atomic mass is 10.0. The van der Waals surface area contributed by atoms with E-state index in [4.69, 9.17) is 9.84 Å². The molecular formula is C27H21N7OS. The van der Waals surface area contributed by atoms with E-state index in [0.29, 0.717) is 24.1 Å². The summed E-state index contributed by atoms with van der Waals surface area (Å²) in [5.41, 5.74) is 5.69. The summed E-state index contributed by atoms with van der Waals surface area (Å²) in [4.78, 5) is 17.6. The molecule has 0 saturated carbocycles. The van der Waals surface area contributed by atoms with Crippen LogP contribution < -0.4 is 15.1 Å². The van der Waals surface area contributed by atoms with Gasteiger partial charge in [0.1, 0.15) is 16.5 Å². The van der Waals surface area contributed by atoms with E-state index in [2.05, 4.69) is 43.5 Å². The summed E-state index contributed by atoms with van der Waals surface area (Å²) in [6.07, 6.45) is 5.22. The number of nitrogens with one attached hydrogen (secondary N) is 1. The van der Waals surface area contributed by atoms with Crippen molar-refractivity contribution in [3.05, 3.63) is 107 Å². The third kappa shape index (κ3) is 4.27. The fraction of sp³-hybridized carbons (Fsp3) is 0.0741. The molecule has 1 aliphatic rings. The zero-order valence-electron chi connectivity index (χ0n) is 19.4. The summed E-state index contributed by atoms with van der Waals surface area (Å²) in [6.45, 7) is 0.678. The van der Waals surface area contributed by atoms with Crippen molar-refractivity contribution in [1.82, 2.24) is 19.9 Å². The van der Waals surface area contributed by atoms with Gasteiger partial charge in [0.2, 0.25) is 11.8 Å². The molecule has 176 valence electrons. The topological polar surface area (TPSA) is 88.4 Å². The average molecular weight is 492 g/mol. The molecule has 0 aliphatic carbocycles. The highest BCUT2D eigenvalue weighted by Gasteiger charge is 2.22. The number of thiazole rings is 1. The molecule has 0 saturated heterocycles. The molecule has 0 radical (unpaired) electrons. The largest absolute Gasteiger partial charge is 0.438 e. The molecule has 0 fully saturated rings. The predicted octanol–water partition coefficient (Wildman–Crippen LogP) is 5.60. The minimum Gasteiger partial charge on any atom is -0.438 e. The molecule has 2 aromatic carbocycles. The molecule has 1 N–H and O–H groups in total. The minimum atomic E-state index is 0.474. The summed E-state index contributed by atoms with van der Waals surface area (Å²) in [5.74, 6) is 1.68. The maximum atomic E-state index is 6.16. The van der Waals surface area contributed by atoms with Gasteiger partial charge >= 0.3 is 0 Å². The SMILES string of the molecule is CNc1nccc(-c2cccnc2Oc2ccc(N3Cc4ccccc4C(c4nccs4)=N3)cc2)n1. The number of hydrogen-bond donors (Lipinski definition) is 1. The lowest BCUT2D eigenvalue weighted by Crippen LogP contribution is -2.26. The lowest BCUT2D eigenvalue weighted by molar-refractivity contribution is 0.464. The van der Waals surface area contributed by atoms with Crippen molar-refractivity contribution in [2.75, 3.05) is 17.4 Å². The molecule has 9 heteroatoms. The number of ether oxygens (including phenoxy) is 1. The van der Waals surface area contributed by atoms with Gasteiger partial charge in [0, 0.05) is 36.6 Å². The monoisotopic (exact) mass is 491 g/mol. The first-order valence-corrected chi connectivity index (χ1v) is 12.2. The Hall–Kier alpha value is -4.63. The van der Waals surface area contributed by atoms with Gasteiger partial charge in [-0.15, -0.1) is 11.3 Å². The van der Waals surface area contributed by atoms with E-state index < -0.39 is 0 Å². The van der Waals surface area contributed by atoms with Crippen molar-refractivity contribution in [2.45, 2.75) is 6.54 Å². The van der Waals surface area contributed by atoms with Crippen LogP contribution in [0.1, 0.15) is 16.1 Å². The number of rotatable bonds is 6. The zero-order chi connectivity index (χ0) is 24.3. The molecular weight excluding hydrogens is 470 g/mol. The van der Waals surface area contributed by atoms with Crippen molar-refractivity contribution in [3.63, 3.8) is 0 Å². The Morgan fingerprint density at radius 1 is 0.861 bits per heavy atom. The van der Waals surface area contributed by atoms with Crippen LogP contribution in [0.15, 0.2) is 95.8 Å². The smallest absolute Gasteiger partial charge is 0.228 e. The number of anilines is 2. The molecule has 6 rings (SSSR count). The summed E-state index contributed by atoms with van der Waals surface area (Å²) in [7, 11) is 1.78. The molecule has 0 unspecified atom stereocenters. The minimum absolute atomic E-state index is 0.474. The van der Waals surface area contributed by atoms with E-state index in [0.717, 1.165) is 33.2 Å². The second-order valence-corrected chi connectivity index (χ2v) is 8.86. The van der Waals surface area contributed by atoms with E-state index in [1.54, 1.807) is 30.8 Å². The third-order valence-electron chi connectivity index (χ3n) is 5.72. The van der Waals surface area contributed by atoms with Crippen molar-refractivity contribution in [3.8, 4) is 22.9 Å². The van der Waals surface area contributed by atoms with Crippen LogP contribution in [-0.4, -0.2) is 32.7 Å². The standard InChI is InChI=1S/C27H21N7OS/c1-28-27-31-14-12-23(32-27)22-7-4-13-29-25(22)35-20-10-8-19(9-11-20)34-17-18-5-2-3-6-21(18)24(33-34)26-30-15-16-36-26/h2-16H,17H2,1H3,(H,28,31,32). The Kier molecular flexibility index (Phi) is 5.80. The second kappa shape index (κ2) is 9.55. The van der Waals surface area contributed by atoms with Crippen molar-refractivity contribution in [2.24, 2.45) is 5.10 Å². The number of pyridine rings is 1. The van der Waals surface area contributed by atoms with Crippen LogP contribution in [-0.2, 0) is 6.54 Å². The Bertz CT molecular complexity index is 1530. The van der Waals surface area contributed by atoms with Gasteiger partial charge in [0.05, 0.1) is 23.5 Å². The Morgan fingerprint density at radius 3 is 2.56 bits per heavy atom. The highest BCUT2D eigenvalue weighted by molar-refractivity contribution is 7.11. The van der Waals surface area contributed by atoms with Crippen LogP contribution in [0.2, 0.25) is 0 Å². The molecule has 0 spiro atoms. The number of hydrogen-bond acceptors (Lipinski definition) is 9. The Balaban J connectivity index is 1.28. The lowest BCUT2D eigenvalue weighted by Gasteiger charge is -2.27. The first kappa shape index (κ1) is 21.9. The number of fused-ring (bicyclic) bond motifs is 1. The van der Waals surface area contributed by atoms with Crippen LogP contribution in [0.25, 0.3) is 11.3 Å². The van der Waals surface area contributed by atoms with Crippen LogP contribution in [0.4, 0.5) is 11.6 Å². The molecule has 8 nitrogen and oxygen atoms in total. The van der Waals surface area contributed by atoms with Gasteiger partial charge in [0.15, 0.2) is 0 Å². The van der Waals surface area contributed by atoms with E-state index in [9.17, 15) is 0 Å². The number of aromatic nitrogens is 4. The average Bonchev–Trinajstić information content (AvgIpc) is 3.48. The van der Waals surface area contributed by atoms with Crippen LogP contribution >= 0.6 is 11.3 Å². The Morgan fingerprint density at radius 2 is 1.72 bits per heavy atom. The van der Waals surface area contributed by atoms with Crippen molar-refractivity contribution >= 4 is 28.7 Å². The third-order valence-corrected chi connectivity index (χ3v) is 6.50. The highest BCUT2D eigenvalue weighted by Crippen LogP contribution is 2.33. The van der Waals surface area contributed by atoms with Crippen molar-refractivity contribution < 1.29 is 4.74 Å². The zero-order valence-corrected chi connectivity index (χ0v) is 20.2. The summed E-state index contributed by atoms with van der Waals surface area (Å²) in [5, 5.41) is 12.8. The van der Waals surface area contributed by atoms with Crippen LogP contribution in [0.5, 0.6) is 11.6 Å². The van der Waals surface area contributed by atoms with E-state index in [-0.39, 0.29) is 0 Å². The number of nitrogens with zero attached hydrogens (tertiary/aromatic N) is 6. The number of benzene rings is 2. The maximum Gasteiger partial charge on any atom is 0.228 e. The number of hydrazone groups is 1. The first-order valence-electron chi connectivity index (χ1n) is 11.4. The molecule has 0 amide bonds. The summed E-state index contributed by atoms with van der Waals surface area (Å²) >= 11 is 1.59. The molecule has 36 heavy (non-hydrogen) atoms. The normalized spacial score (nSPS) is 12.6. The van der Waals surface area contributed by atoms with Gasteiger partial charge in [-0.25, -0.2) is 19.9 Å². The van der Waals surface area contributed by atoms with Gasteiger partial charge in [-0.05, 0) is 48.0 Å². The quantitative estimate of drug-likeness (QED) is 0.331. The predicted molar refractivity (Wildman–Crippen MR) is 142 cm³/mol. The van der Waals surface area contributed by atoms with Crippen LogP contribution in [0, 0.1) is 0 Å². The molecule has 1 aliphatic heterocycles. The maximum absolute atomic E-state index is 6.16. The fourth-order valence-corrected chi connectivity index (χ4v) is 4.64. The van der Waals surface area contributed by atoms with Gasteiger partial charge in [-0.1, -0.05) is 24.3 Å². The summed E-state index contributed by atoms with van der Waals surface area (Å²) < 4.78 is 6.16. The first-order chi connectivity index (χ1) is 17.8. The van der Waals surface area contributed by atoms with Gasteiger partial charge in [0.25, 0.3) is 0 Å². The molecule has 3 aromatic heterocycles. The van der Waals surface area contributed by atoms with E-state index >= 15 is 0 Å². The van der Waals surface area contributed by atoms with E-state index in [1.807, 2.05) is 65.1 Å². The molecule has 4 heterocycles.